The topological polar surface area (TPSA) is 76.5 Å². The van der Waals surface area contributed by atoms with E-state index in [4.69, 9.17) is 0 Å². The largest absolute Gasteiger partial charge is 0.464 e. The molecule has 0 spiro atoms. The maximum atomic E-state index is 13.0. The molecular formula is C21H26F3NO4S2. The molecule has 1 aliphatic rings. The first kappa shape index (κ1) is 25.6. The molecule has 0 aromatic carbocycles. The minimum atomic E-state index is -2.35. The molecule has 0 unspecified atom stereocenters. The Morgan fingerprint density at radius 1 is 1.45 bits per heavy atom. The molecule has 0 amide bonds. The lowest BCUT2D eigenvalue weighted by Gasteiger charge is -2.21. The van der Waals surface area contributed by atoms with Crippen LogP contribution >= 0.6 is 23.1 Å². The number of hydrogen-bond donors (Lipinski definition) is 1. The number of allylic oxidation sites excluding steroid dienone is 2. The van der Waals surface area contributed by atoms with Crippen molar-refractivity contribution < 1.29 is 32.6 Å². The third-order valence-electron chi connectivity index (χ3n) is 5.22. The summed E-state index contributed by atoms with van der Waals surface area (Å²) in [6.45, 7) is 1.48. The van der Waals surface area contributed by atoms with E-state index in [1.54, 1.807) is 11.5 Å². The summed E-state index contributed by atoms with van der Waals surface area (Å²) in [6.07, 6.45) is 2.73. The zero-order valence-corrected chi connectivity index (χ0v) is 19.0. The molecule has 0 saturated heterocycles. The Hall–Kier alpha value is -1.65. The normalized spacial score (nSPS) is 20.8. The first-order valence-electron chi connectivity index (χ1n) is 9.91. The number of carbonyl (C=O) groups excluding carboxylic acids is 2. The van der Waals surface area contributed by atoms with Crippen LogP contribution < -0.4 is 0 Å². The predicted molar refractivity (Wildman–Crippen MR) is 114 cm³/mol. The second kappa shape index (κ2) is 11.8. The lowest BCUT2D eigenvalue weighted by molar-refractivity contribution is -0.121. The number of Topliss-reactive ketones (excluding diaryl/α,β-unsaturated/α-hetero) is 1. The van der Waals surface area contributed by atoms with E-state index in [1.165, 1.54) is 37.1 Å². The highest BCUT2D eigenvalue weighted by molar-refractivity contribution is 8.01. The first-order valence-corrected chi connectivity index (χ1v) is 11.8. The molecule has 0 bridgehead atoms. The standard InChI is InChI=1S/C21H26F3NO4S2/c1-21(28,10-7-15(22)18(23)24)9-3-4-13-5-6-17(26)14(13)8-11-30-20-25-16(12-31-20)19(27)29-2/h3-4,12-14,28H,5-11H2,1-2H3/t13-,14+,21+/m0/s1. The van der Waals surface area contributed by atoms with Gasteiger partial charge in [0.2, 0.25) is 0 Å². The van der Waals surface area contributed by atoms with Gasteiger partial charge in [0.25, 0.3) is 0 Å². The van der Waals surface area contributed by atoms with Crippen molar-refractivity contribution >= 4 is 34.9 Å². The molecule has 1 heterocycles. The number of ketones is 1. The Labute approximate surface area is 187 Å². The Balaban J connectivity index is 1.83. The summed E-state index contributed by atoms with van der Waals surface area (Å²) in [5.74, 6) is -1.19. The molecule has 5 nitrogen and oxygen atoms in total. The fourth-order valence-corrected chi connectivity index (χ4v) is 5.30. The van der Waals surface area contributed by atoms with Crippen LogP contribution in [-0.4, -0.2) is 40.3 Å². The number of aromatic nitrogens is 1. The van der Waals surface area contributed by atoms with Gasteiger partial charge in [0.1, 0.15) is 5.78 Å². The highest BCUT2D eigenvalue weighted by atomic mass is 32.2. The highest BCUT2D eigenvalue weighted by Crippen LogP contribution is 2.35. The van der Waals surface area contributed by atoms with Gasteiger partial charge in [-0.1, -0.05) is 23.9 Å². The molecule has 3 atom stereocenters. The van der Waals surface area contributed by atoms with Crippen LogP contribution in [0.25, 0.3) is 0 Å². The maximum Gasteiger partial charge on any atom is 0.357 e. The van der Waals surface area contributed by atoms with Crippen molar-refractivity contribution in [1.82, 2.24) is 4.98 Å². The van der Waals surface area contributed by atoms with Crippen LogP contribution in [0.3, 0.4) is 0 Å². The minimum absolute atomic E-state index is 0.0470. The van der Waals surface area contributed by atoms with Crippen molar-refractivity contribution in [2.45, 2.75) is 55.4 Å². The average Bonchev–Trinajstić information content (AvgIpc) is 3.33. The summed E-state index contributed by atoms with van der Waals surface area (Å²) < 4.78 is 42.6. The zero-order chi connectivity index (χ0) is 23.0. The Kier molecular flexibility index (Phi) is 9.77. The van der Waals surface area contributed by atoms with Gasteiger partial charge in [0.15, 0.2) is 15.9 Å². The second-order valence-electron chi connectivity index (χ2n) is 7.70. The van der Waals surface area contributed by atoms with Gasteiger partial charge in [-0.2, -0.15) is 8.78 Å². The molecule has 0 radical (unpaired) electrons. The number of aliphatic hydroxyl groups is 1. The molecule has 1 aromatic rings. The number of rotatable bonds is 11. The average molecular weight is 478 g/mol. The summed E-state index contributed by atoms with van der Waals surface area (Å²) in [5.41, 5.74) is -1.04. The lowest BCUT2D eigenvalue weighted by Crippen LogP contribution is -2.23. The predicted octanol–water partition coefficient (Wildman–Crippen LogP) is 5.56. The van der Waals surface area contributed by atoms with E-state index < -0.39 is 29.9 Å². The Morgan fingerprint density at radius 2 is 2.19 bits per heavy atom. The first-order chi connectivity index (χ1) is 14.6. The number of nitrogens with zero attached hydrogens (tertiary/aromatic N) is 1. The van der Waals surface area contributed by atoms with E-state index >= 15 is 0 Å². The third-order valence-corrected chi connectivity index (χ3v) is 7.27. The third kappa shape index (κ3) is 8.08. The number of thioether (sulfide) groups is 1. The fraction of sp³-hybridized carbons (Fsp3) is 0.571. The summed E-state index contributed by atoms with van der Waals surface area (Å²) in [5, 5.41) is 11.9. The molecule has 31 heavy (non-hydrogen) atoms. The van der Waals surface area contributed by atoms with Gasteiger partial charge in [0, 0.05) is 29.9 Å². The number of hydrogen-bond acceptors (Lipinski definition) is 7. The van der Waals surface area contributed by atoms with Crippen LogP contribution in [0.5, 0.6) is 0 Å². The quantitative estimate of drug-likeness (QED) is 0.255. The molecule has 1 aliphatic carbocycles. The van der Waals surface area contributed by atoms with Crippen LogP contribution in [-0.2, 0) is 9.53 Å². The van der Waals surface area contributed by atoms with Gasteiger partial charge < -0.3 is 9.84 Å². The van der Waals surface area contributed by atoms with Crippen molar-refractivity contribution in [1.29, 1.82) is 0 Å². The van der Waals surface area contributed by atoms with E-state index in [2.05, 4.69) is 9.72 Å². The molecule has 10 heteroatoms. The zero-order valence-electron chi connectivity index (χ0n) is 17.4. The second-order valence-corrected chi connectivity index (χ2v) is 9.90. The number of methoxy groups -OCH3 is 1. The van der Waals surface area contributed by atoms with Crippen molar-refractivity contribution in [3.63, 3.8) is 0 Å². The van der Waals surface area contributed by atoms with E-state index in [9.17, 15) is 27.9 Å². The van der Waals surface area contributed by atoms with Gasteiger partial charge >= 0.3 is 12.0 Å². The van der Waals surface area contributed by atoms with Gasteiger partial charge in [-0.3, -0.25) is 4.79 Å². The molecule has 0 aliphatic heterocycles. The van der Waals surface area contributed by atoms with Crippen molar-refractivity contribution in [2.24, 2.45) is 11.8 Å². The van der Waals surface area contributed by atoms with Gasteiger partial charge in [-0.25, -0.2) is 14.2 Å². The van der Waals surface area contributed by atoms with E-state index in [-0.39, 0.29) is 36.2 Å². The number of esters is 1. The van der Waals surface area contributed by atoms with Crippen LogP contribution in [0.4, 0.5) is 13.2 Å². The number of halogens is 3. The Morgan fingerprint density at radius 3 is 2.87 bits per heavy atom. The molecule has 1 saturated carbocycles. The molecule has 1 aromatic heterocycles. The van der Waals surface area contributed by atoms with Crippen LogP contribution in [0, 0.1) is 11.8 Å². The Bertz CT molecular complexity index is 834. The summed E-state index contributed by atoms with van der Waals surface area (Å²) >= 11 is 2.83. The monoisotopic (exact) mass is 477 g/mol. The fourth-order valence-electron chi connectivity index (χ4n) is 3.41. The molecule has 172 valence electrons. The van der Waals surface area contributed by atoms with E-state index in [0.717, 1.165) is 10.8 Å². The molecule has 1 N–H and O–H groups in total. The highest BCUT2D eigenvalue weighted by Gasteiger charge is 2.32. The smallest absolute Gasteiger partial charge is 0.357 e. The van der Waals surface area contributed by atoms with Crippen LogP contribution in [0.2, 0.25) is 0 Å². The van der Waals surface area contributed by atoms with Crippen LogP contribution in [0.1, 0.15) is 55.9 Å². The molecule has 1 fully saturated rings. The number of ether oxygens (including phenoxy) is 1. The summed E-state index contributed by atoms with van der Waals surface area (Å²) in [6, 6.07) is 0. The maximum absolute atomic E-state index is 13.0. The number of carbonyl (C=O) groups is 2. The van der Waals surface area contributed by atoms with E-state index in [0.29, 0.717) is 18.6 Å². The summed E-state index contributed by atoms with van der Waals surface area (Å²) in [7, 11) is 1.30. The van der Waals surface area contributed by atoms with Gasteiger partial charge in [0.05, 0.1) is 12.7 Å². The van der Waals surface area contributed by atoms with Crippen LogP contribution in [0.15, 0.2) is 33.8 Å². The van der Waals surface area contributed by atoms with Crippen molar-refractivity contribution in [2.75, 3.05) is 12.9 Å². The SMILES string of the molecule is COC(=O)c1csc(SCC[C@H]2C(=O)CC[C@@H]2C=CC[C@@](C)(O)CCC(F)=C(F)F)n1. The lowest BCUT2D eigenvalue weighted by atomic mass is 9.90. The van der Waals surface area contributed by atoms with Crippen molar-refractivity contribution in [3.05, 3.63) is 35.1 Å². The number of thiazole rings is 1. The van der Waals surface area contributed by atoms with Crippen molar-refractivity contribution in [3.8, 4) is 0 Å². The van der Waals surface area contributed by atoms with E-state index in [1.807, 2.05) is 6.08 Å². The van der Waals surface area contributed by atoms with Gasteiger partial charge in [-0.05, 0) is 38.5 Å². The minimum Gasteiger partial charge on any atom is -0.464 e. The van der Waals surface area contributed by atoms with Gasteiger partial charge in [-0.15, -0.1) is 11.3 Å². The molecule has 2 rings (SSSR count). The summed E-state index contributed by atoms with van der Waals surface area (Å²) in [4.78, 5) is 27.9. The molecular weight excluding hydrogens is 451 g/mol.